The van der Waals surface area contributed by atoms with Gasteiger partial charge < -0.3 is 16.2 Å². The maximum absolute atomic E-state index is 11.5. The Morgan fingerprint density at radius 3 is 2.62 bits per heavy atom. The van der Waals surface area contributed by atoms with Gasteiger partial charge in [0.2, 0.25) is 0 Å². The first kappa shape index (κ1) is 12.0. The van der Waals surface area contributed by atoms with E-state index in [0.717, 1.165) is 0 Å². The number of rotatable bonds is 4. The Morgan fingerprint density at radius 2 is 2.19 bits per heavy atom. The fourth-order valence-electron chi connectivity index (χ4n) is 1.06. The van der Waals surface area contributed by atoms with Crippen molar-refractivity contribution < 1.29 is 14.3 Å². The second-order valence-electron chi connectivity index (χ2n) is 3.18. The minimum Gasteiger partial charge on any atom is -0.448 e. The summed E-state index contributed by atoms with van der Waals surface area (Å²) in [6, 6.07) is 2.94. The average Bonchev–Trinajstić information content (AvgIpc) is 2.26. The predicted molar refractivity (Wildman–Crippen MR) is 57.3 cm³/mol. The number of nitrogens with zero attached hydrogens (tertiary/aromatic N) is 1. The van der Waals surface area contributed by atoms with Gasteiger partial charge in [-0.25, -0.2) is 9.78 Å². The van der Waals surface area contributed by atoms with Crippen LogP contribution in [-0.4, -0.2) is 23.0 Å². The van der Waals surface area contributed by atoms with Crippen LogP contribution < -0.4 is 11.5 Å². The van der Waals surface area contributed by atoms with Crippen molar-refractivity contribution in [1.29, 1.82) is 0 Å². The number of amides is 1. The van der Waals surface area contributed by atoms with E-state index in [9.17, 15) is 9.59 Å². The molecule has 0 aliphatic heterocycles. The molecule has 1 amide bonds. The summed E-state index contributed by atoms with van der Waals surface area (Å²) in [5, 5.41) is 0. The highest BCUT2D eigenvalue weighted by atomic mass is 16.5. The Morgan fingerprint density at radius 1 is 1.50 bits per heavy atom. The van der Waals surface area contributed by atoms with Gasteiger partial charge in [-0.05, 0) is 18.6 Å². The number of aromatic nitrogens is 1. The second-order valence-corrected chi connectivity index (χ2v) is 3.18. The maximum Gasteiger partial charge on any atom is 0.357 e. The number of nitrogens with two attached hydrogens (primary N) is 2. The number of carbonyl (C=O) groups excluding carboxylic acids is 2. The molecule has 0 saturated heterocycles. The van der Waals surface area contributed by atoms with Crippen LogP contribution in [0.1, 0.15) is 23.8 Å². The highest BCUT2D eigenvalue weighted by Gasteiger charge is 2.19. The van der Waals surface area contributed by atoms with E-state index in [0.29, 0.717) is 12.1 Å². The molecule has 0 aromatic carbocycles. The van der Waals surface area contributed by atoms with E-state index in [1.807, 2.05) is 0 Å². The molecular formula is C10H13N3O3. The molecule has 1 unspecified atom stereocenters. The summed E-state index contributed by atoms with van der Waals surface area (Å²) in [6.07, 6.45) is 0.740. The van der Waals surface area contributed by atoms with Crippen molar-refractivity contribution in [3.05, 3.63) is 24.0 Å². The number of nitrogen functional groups attached to an aromatic ring is 1. The van der Waals surface area contributed by atoms with E-state index < -0.39 is 18.0 Å². The molecular weight excluding hydrogens is 210 g/mol. The van der Waals surface area contributed by atoms with Crippen molar-refractivity contribution in [2.24, 2.45) is 5.73 Å². The monoisotopic (exact) mass is 223 g/mol. The molecule has 1 atom stereocenters. The van der Waals surface area contributed by atoms with E-state index >= 15 is 0 Å². The number of carbonyl (C=O) groups is 2. The molecule has 1 aromatic rings. The largest absolute Gasteiger partial charge is 0.448 e. The van der Waals surface area contributed by atoms with E-state index in [4.69, 9.17) is 16.2 Å². The second kappa shape index (κ2) is 5.11. The highest BCUT2D eigenvalue weighted by Crippen LogP contribution is 2.06. The number of esters is 1. The third-order valence-corrected chi connectivity index (χ3v) is 1.93. The molecule has 0 saturated carbocycles. The van der Waals surface area contributed by atoms with E-state index in [2.05, 4.69) is 4.98 Å². The Labute approximate surface area is 92.6 Å². The SMILES string of the molecule is CCC(OC(=O)c1ccc(N)cn1)C(N)=O. The lowest BCUT2D eigenvalue weighted by Gasteiger charge is -2.11. The molecule has 6 nitrogen and oxygen atoms in total. The summed E-state index contributed by atoms with van der Waals surface area (Å²) >= 11 is 0. The molecule has 6 heteroatoms. The molecule has 1 aromatic heterocycles. The van der Waals surface area contributed by atoms with Crippen LogP contribution in [0.5, 0.6) is 0 Å². The van der Waals surface area contributed by atoms with Gasteiger partial charge in [-0.15, -0.1) is 0 Å². The van der Waals surface area contributed by atoms with Gasteiger partial charge in [0.15, 0.2) is 6.10 Å². The van der Waals surface area contributed by atoms with Crippen LogP contribution in [0.15, 0.2) is 18.3 Å². The Kier molecular flexibility index (Phi) is 3.82. The molecule has 16 heavy (non-hydrogen) atoms. The first-order valence-electron chi connectivity index (χ1n) is 4.76. The van der Waals surface area contributed by atoms with Crippen LogP contribution in [-0.2, 0) is 9.53 Å². The smallest absolute Gasteiger partial charge is 0.357 e. The molecule has 0 aliphatic rings. The van der Waals surface area contributed by atoms with Crippen molar-refractivity contribution in [3.63, 3.8) is 0 Å². The Balaban J connectivity index is 2.71. The minimum absolute atomic E-state index is 0.0916. The van der Waals surface area contributed by atoms with Gasteiger partial charge in [-0.2, -0.15) is 0 Å². The first-order chi connectivity index (χ1) is 7.54. The fraction of sp³-hybridized carbons (Fsp3) is 0.300. The van der Waals surface area contributed by atoms with Gasteiger partial charge in [0.1, 0.15) is 5.69 Å². The topological polar surface area (TPSA) is 108 Å². The molecule has 86 valence electrons. The Hall–Kier alpha value is -2.11. The Bertz CT molecular complexity index is 389. The predicted octanol–water partition coefficient (Wildman–Crippen LogP) is 0.0845. The van der Waals surface area contributed by atoms with E-state index in [-0.39, 0.29) is 5.69 Å². The fourth-order valence-corrected chi connectivity index (χ4v) is 1.06. The van der Waals surface area contributed by atoms with Crippen LogP contribution in [0.4, 0.5) is 5.69 Å². The lowest BCUT2D eigenvalue weighted by Crippen LogP contribution is -2.32. The molecule has 1 rings (SSSR count). The standard InChI is InChI=1S/C10H13N3O3/c1-2-8(9(12)14)16-10(15)7-4-3-6(11)5-13-7/h3-5,8H,2,11H2,1H3,(H2,12,14). The number of anilines is 1. The van der Waals surface area contributed by atoms with Gasteiger partial charge >= 0.3 is 5.97 Å². The van der Waals surface area contributed by atoms with E-state index in [1.165, 1.54) is 18.3 Å². The maximum atomic E-state index is 11.5. The van der Waals surface area contributed by atoms with Gasteiger partial charge in [0, 0.05) is 0 Å². The van der Waals surface area contributed by atoms with Crippen LogP contribution in [0.2, 0.25) is 0 Å². The molecule has 0 fully saturated rings. The van der Waals surface area contributed by atoms with Crippen molar-refractivity contribution in [2.45, 2.75) is 19.4 Å². The normalized spacial score (nSPS) is 11.8. The zero-order valence-corrected chi connectivity index (χ0v) is 8.84. The van der Waals surface area contributed by atoms with Crippen LogP contribution in [0, 0.1) is 0 Å². The number of hydrogen-bond acceptors (Lipinski definition) is 5. The van der Waals surface area contributed by atoms with Gasteiger partial charge in [-0.1, -0.05) is 6.92 Å². The number of ether oxygens (including phenoxy) is 1. The molecule has 1 heterocycles. The third kappa shape index (κ3) is 2.94. The van der Waals surface area contributed by atoms with Crippen molar-refractivity contribution in [1.82, 2.24) is 4.98 Å². The molecule has 0 bridgehead atoms. The third-order valence-electron chi connectivity index (χ3n) is 1.93. The van der Waals surface area contributed by atoms with Crippen molar-refractivity contribution >= 4 is 17.6 Å². The number of hydrogen-bond donors (Lipinski definition) is 2. The lowest BCUT2D eigenvalue weighted by molar-refractivity contribution is -0.126. The van der Waals surface area contributed by atoms with Crippen molar-refractivity contribution in [3.8, 4) is 0 Å². The van der Waals surface area contributed by atoms with Gasteiger partial charge in [0.25, 0.3) is 5.91 Å². The summed E-state index contributed by atoms with van der Waals surface area (Å²) in [7, 11) is 0. The minimum atomic E-state index is -0.924. The summed E-state index contributed by atoms with van der Waals surface area (Å²) in [5.74, 6) is -1.36. The van der Waals surface area contributed by atoms with Crippen LogP contribution in [0.25, 0.3) is 0 Å². The summed E-state index contributed by atoms with van der Waals surface area (Å²) < 4.78 is 4.87. The summed E-state index contributed by atoms with van der Waals surface area (Å²) in [5.41, 5.74) is 11.0. The van der Waals surface area contributed by atoms with Gasteiger partial charge in [0.05, 0.1) is 11.9 Å². The van der Waals surface area contributed by atoms with Gasteiger partial charge in [-0.3, -0.25) is 4.79 Å². The molecule has 4 N–H and O–H groups in total. The first-order valence-corrected chi connectivity index (χ1v) is 4.76. The van der Waals surface area contributed by atoms with Crippen LogP contribution in [0.3, 0.4) is 0 Å². The highest BCUT2D eigenvalue weighted by molar-refractivity contribution is 5.90. The molecule has 0 aliphatic carbocycles. The van der Waals surface area contributed by atoms with Crippen LogP contribution >= 0.6 is 0 Å². The zero-order chi connectivity index (χ0) is 12.1. The average molecular weight is 223 g/mol. The molecule has 0 radical (unpaired) electrons. The zero-order valence-electron chi connectivity index (χ0n) is 8.84. The lowest BCUT2D eigenvalue weighted by atomic mass is 10.2. The number of primary amides is 1. The molecule has 0 spiro atoms. The summed E-state index contributed by atoms with van der Waals surface area (Å²) in [4.78, 5) is 26.1. The van der Waals surface area contributed by atoms with E-state index in [1.54, 1.807) is 6.92 Å². The quantitative estimate of drug-likeness (QED) is 0.703. The van der Waals surface area contributed by atoms with Crippen molar-refractivity contribution in [2.75, 3.05) is 5.73 Å². The summed E-state index contributed by atoms with van der Waals surface area (Å²) in [6.45, 7) is 1.69. The number of pyridine rings is 1.